The third-order valence-electron chi connectivity index (χ3n) is 2.38. The van der Waals surface area contributed by atoms with E-state index in [1.54, 1.807) is 0 Å². The molecule has 1 unspecified atom stereocenters. The van der Waals surface area contributed by atoms with E-state index in [1.165, 1.54) is 0 Å². The van der Waals surface area contributed by atoms with Gasteiger partial charge in [0.1, 0.15) is 6.04 Å². The van der Waals surface area contributed by atoms with Crippen LogP contribution in [0, 0.1) is 0 Å². The maximum Gasteiger partial charge on any atom is 0.320 e. The van der Waals surface area contributed by atoms with E-state index >= 15 is 0 Å². The van der Waals surface area contributed by atoms with Crippen molar-refractivity contribution in [1.29, 1.82) is 0 Å². The van der Waals surface area contributed by atoms with Crippen molar-refractivity contribution in [2.45, 2.75) is 45.7 Å². The number of hydrogen-bond donors (Lipinski definition) is 2. The number of amides is 1. The van der Waals surface area contributed by atoms with E-state index in [4.69, 9.17) is 10.8 Å². The van der Waals surface area contributed by atoms with Gasteiger partial charge < -0.3 is 10.8 Å². The summed E-state index contributed by atoms with van der Waals surface area (Å²) in [4.78, 5) is 23.5. The van der Waals surface area contributed by atoms with Gasteiger partial charge in [-0.15, -0.1) is 0 Å². The lowest BCUT2D eigenvalue weighted by Gasteiger charge is -2.30. The van der Waals surface area contributed by atoms with Crippen molar-refractivity contribution >= 4 is 11.9 Å². The molecule has 1 atom stereocenters. The summed E-state index contributed by atoms with van der Waals surface area (Å²) in [5.41, 5.74) is 5.01. The van der Waals surface area contributed by atoms with Gasteiger partial charge in [-0.1, -0.05) is 6.92 Å². The van der Waals surface area contributed by atoms with Gasteiger partial charge in [0, 0.05) is 12.5 Å². The predicted octanol–water partition coefficient (Wildman–Crippen LogP) is 0.435. The molecule has 0 rings (SSSR count). The van der Waals surface area contributed by atoms with Gasteiger partial charge in [0.15, 0.2) is 0 Å². The molecule has 5 nitrogen and oxygen atoms in total. The fourth-order valence-corrected chi connectivity index (χ4v) is 1.66. The van der Waals surface area contributed by atoms with Crippen LogP contribution < -0.4 is 5.73 Å². The maximum atomic E-state index is 11.0. The highest BCUT2D eigenvalue weighted by Gasteiger charge is 2.26. The molecule has 0 heterocycles. The summed E-state index contributed by atoms with van der Waals surface area (Å²) in [6.07, 6.45) is 0.386. The SMILES string of the molecule is CCN(C(C)C)C(CCC(N)=O)C(=O)O. The van der Waals surface area contributed by atoms with E-state index in [-0.39, 0.29) is 18.9 Å². The Morgan fingerprint density at radius 2 is 1.93 bits per heavy atom. The van der Waals surface area contributed by atoms with E-state index in [0.29, 0.717) is 6.54 Å². The predicted molar refractivity (Wildman–Crippen MR) is 57.4 cm³/mol. The van der Waals surface area contributed by atoms with Gasteiger partial charge in [-0.2, -0.15) is 0 Å². The van der Waals surface area contributed by atoms with Crippen LogP contribution in [0.4, 0.5) is 0 Å². The number of nitrogens with zero attached hydrogens (tertiary/aromatic N) is 1. The van der Waals surface area contributed by atoms with Crippen LogP contribution >= 0.6 is 0 Å². The quantitative estimate of drug-likeness (QED) is 0.646. The summed E-state index contributed by atoms with van der Waals surface area (Å²) in [7, 11) is 0. The highest BCUT2D eigenvalue weighted by molar-refractivity contribution is 5.77. The number of hydrogen-bond acceptors (Lipinski definition) is 3. The van der Waals surface area contributed by atoms with Crippen LogP contribution in [0.25, 0.3) is 0 Å². The van der Waals surface area contributed by atoms with Crippen LogP contribution in [0.15, 0.2) is 0 Å². The number of likely N-dealkylation sites (N-methyl/N-ethyl adjacent to an activating group) is 1. The largest absolute Gasteiger partial charge is 0.480 e. The molecule has 0 aromatic heterocycles. The molecule has 0 aromatic carbocycles. The lowest BCUT2D eigenvalue weighted by atomic mass is 10.1. The minimum Gasteiger partial charge on any atom is -0.480 e. The first-order valence-corrected chi connectivity index (χ1v) is 5.17. The van der Waals surface area contributed by atoms with Crippen molar-refractivity contribution in [3.63, 3.8) is 0 Å². The third-order valence-corrected chi connectivity index (χ3v) is 2.38. The molecule has 0 bridgehead atoms. The van der Waals surface area contributed by atoms with Crippen LogP contribution in [-0.2, 0) is 9.59 Å². The Morgan fingerprint density at radius 1 is 1.40 bits per heavy atom. The zero-order valence-electron chi connectivity index (χ0n) is 9.56. The average Bonchev–Trinajstić information content (AvgIpc) is 2.10. The second kappa shape index (κ2) is 6.40. The number of carbonyl (C=O) groups excluding carboxylic acids is 1. The second-order valence-electron chi connectivity index (χ2n) is 3.78. The van der Waals surface area contributed by atoms with Crippen molar-refractivity contribution in [3.05, 3.63) is 0 Å². The Kier molecular flexibility index (Phi) is 5.93. The molecule has 15 heavy (non-hydrogen) atoms. The molecule has 0 aliphatic carbocycles. The minimum absolute atomic E-state index is 0.111. The second-order valence-corrected chi connectivity index (χ2v) is 3.78. The molecule has 0 aliphatic rings. The number of carbonyl (C=O) groups is 2. The van der Waals surface area contributed by atoms with Crippen LogP contribution in [0.1, 0.15) is 33.6 Å². The van der Waals surface area contributed by atoms with E-state index in [0.717, 1.165) is 0 Å². The summed E-state index contributed by atoms with van der Waals surface area (Å²) in [5, 5.41) is 9.04. The fourth-order valence-electron chi connectivity index (χ4n) is 1.66. The monoisotopic (exact) mass is 216 g/mol. The van der Waals surface area contributed by atoms with E-state index < -0.39 is 17.9 Å². The van der Waals surface area contributed by atoms with Crippen molar-refractivity contribution in [2.75, 3.05) is 6.54 Å². The van der Waals surface area contributed by atoms with Crippen molar-refractivity contribution < 1.29 is 14.7 Å². The molecule has 1 amide bonds. The molecule has 0 aromatic rings. The third kappa shape index (κ3) is 4.78. The van der Waals surface area contributed by atoms with Crippen LogP contribution in [0.5, 0.6) is 0 Å². The number of carboxylic acids is 1. The smallest absolute Gasteiger partial charge is 0.320 e. The molecule has 3 N–H and O–H groups in total. The maximum absolute atomic E-state index is 11.0. The van der Waals surface area contributed by atoms with Crippen molar-refractivity contribution in [3.8, 4) is 0 Å². The first-order valence-electron chi connectivity index (χ1n) is 5.17. The number of carboxylic acid groups (broad SMARTS) is 1. The van der Waals surface area contributed by atoms with Gasteiger partial charge in [0.25, 0.3) is 0 Å². The topological polar surface area (TPSA) is 83.6 Å². The van der Waals surface area contributed by atoms with Crippen LogP contribution in [0.3, 0.4) is 0 Å². The van der Waals surface area contributed by atoms with Gasteiger partial charge in [0.05, 0.1) is 0 Å². The van der Waals surface area contributed by atoms with E-state index in [2.05, 4.69) is 0 Å². The summed E-state index contributed by atoms with van der Waals surface area (Å²) in [5.74, 6) is -1.35. The standard InChI is InChI=1S/C10H20N2O3/c1-4-12(7(2)3)8(10(14)15)5-6-9(11)13/h7-8H,4-6H2,1-3H3,(H2,11,13)(H,14,15). The van der Waals surface area contributed by atoms with E-state index in [9.17, 15) is 9.59 Å². The molecule has 0 spiro atoms. The normalized spacial score (nSPS) is 13.1. The zero-order chi connectivity index (χ0) is 12.0. The van der Waals surface area contributed by atoms with Crippen molar-refractivity contribution in [1.82, 2.24) is 4.90 Å². The molecule has 0 saturated heterocycles. The van der Waals surface area contributed by atoms with Gasteiger partial charge in [-0.05, 0) is 26.8 Å². The number of rotatable bonds is 7. The Hall–Kier alpha value is -1.10. The highest BCUT2D eigenvalue weighted by Crippen LogP contribution is 2.11. The molecule has 0 aliphatic heterocycles. The number of primary amides is 1. The number of nitrogens with two attached hydrogens (primary N) is 1. The van der Waals surface area contributed by atoms with Crippen molar-refractivity contribution in [2.24, 2.45) is 5.73 Å². The highest BCUT2D eigenvalue weighted by atomic mass is 16.4. The lowest BCUT2D eigenvalue weighted by Crippen LogP contribution is -2.45. The number of aliphatic carboxylic acids is 1. The first-order chi connectivity index (χ1) is 6.90. The van der Waals surface area contributed by atoms with Gasteiger partial charge in [-0.25, -0.2) is 0 Å². The zero-order valence-corrected chi connectivity index (χ0v) is 9.56. The Balaban J connectivity index is 4.48. The Labute approximate surface area is 90.2 Å². The van der Waals surface area contributed by atoms with Crippen LogP contribution in [-0.4, -0.2) is 40.5 Å². The summed E-state index contributed by atoms with van der Waals surface area (Å²) >= 11 is 0. The molecule has 5 heteroatoms. The fraction of sp³-hybridized carbons (Fsp3) is 0.800. The summed E-state index contributed by atoms with van der Waals surface area (Å²) in [6.45, 7) is 6.42. The van der Waals surface area contributed by atoms with Crippen LogP contribution in [0.2, 0.25) is 0 Å². The molecular formula is C10H20N2O3. The first kappa shape index (κ1) is 13.9. The minimum atomic E-state index is -0.896. The Morgan fingerprint density at radius 3 is 2.20 bits per heavy atom. The van der Waals surface area contributed by atoms with Gasteiger partial charge >= 0.3 is 5.97 Å². The Bertz CT molecular complexity index is 229. The van der Waals surface area contributed by atoms with Gasteiger partial charge in [-0.3, -0.25) is 14.5 Å². The molecule has 0 radical (unpaired) electrons. The van der Waals surface area contributed by atoms with Gasteiger partial charge in [0.2, 0.25) is 5.91 Å². The molecule has 88 valence electrons. The lowest BCUT2D eigenvalue weighted by molar-refractivity contribution is -0.144. The van der Waals surface area contributed by atoms with E-state index in [1.807, 2.05) is 25.7 Å². The average molecular weight is 216 g/mol. The summed E-state index contributed by atoms with van der Waals surface area (Å²) in [6, 6.07) is -0.480. The molecule has 0 fully saturated rings. The molecule has 0 saturated carbocycles. The summed E-state index contributed by atoms with van der Waals surface area (Å²) < 4.78 is 0. The molecular weight excluding hydrogens is 196 g/mol.